The third kappa shape index (κ3) is 4.63. The highest BCUT2D eigenvalue weighted by Crippen LogP contribution is 2.26. The van der Waals surface area contributed by atoms with Gasteiger partial charge in [0.2, 0.25) is 15.9 Å². The number of hydrogen-bond acceptors (Lipinski definition) is 3. The van der Waals surface area contributed by atoms with Crippen molar-refractivity contribution in [2.45, 2.75) is 31.6 Å². The van der Waals surface area contributed by atoms with Gasteiger partial charge in [-0.05, 0) is 55.2 Å². The van der Waals surface area contributed by atoms with Crippen LogP contribution in [0.3, 0.4) is 0 Å². The highest BCUT2D eigenvalue weighted by Gasteiger charge is 2.20. The zero-order chi connectivity index (χ0) is 19.5. The van der Waals surface area contributed by atoms with Crippen LogP contribution in [0, 0.1) is 13.8 Å². The van der Waals surface area contributed by atoms with Crippen molar-refractivity contribution in [2.75, 3.05) is 19.4 Å². The van der Waals surface area contributed by atoms with Crippen LogP contribution in [0.5, 0.6) is 0 Å². The van der Waals surface area contributed by atoms with Crippen LogP contribution >= 0.6 is 11.6 Å². The molecular formula is C19H23ClN2O3S. The van der Waals surface area contributed by atoms with Gasteiger partial charge in [-0.15, -0.1) is 0 Å². The molecule has 0 heterocycles. The number of anilines is 1. The van der Waals surface area contributed by atoms with Crippen molar-refractivity contribution >= 4 is 33.2 Å². The molecule has 7 heteroatoms. The molecule has 2 aromatic rings. The molecule has 5 nitrogen and oxygen atoms in total. The first-order valence-corrected chi connectivity index (χ1v) is 10.0. The Morgan fingerprint density at radius 1 is 1.15 bits per heavy atom. The molecule has 0 aliphatic carbocycles. The molecule has 2 rings (SSSR count). The third-order valence-corrected chi connectivity index (χ3v) is 6.43. The number of carbonyl (C=O) groups excluding carboxylic acids is 1. The Labute approximate surface area is 160 Å². The molecule has 0 aromatic heterocycles. The molecule has 0 saturated carbocycles. The summed E-state index contributed by atoms with van der Waals surface area (Å²) < 4.78 is 25.9. The second-order valence-corrected chi connectivity index (χ2v) is 8.90. The van der Waals surface area contributed by atoms with Crippen molar-refractivity contribution in [2.24, 2.45) is 0 Å². The van der Waals surface area contributed by atoms with Crippen LogP contribution < -0.4 is 5.32 Å². The SMILES string of the molecule is Cc1cc(S(=O)(=O)N(C)C)cc(NC(=O)CCc2ccccc2Cl)c1C. The summed E-state index contributed by atoms with van der Waals surface area (Å²) in [5, 5.41) is 3.46. The minimum absolute atomic E-state index is 0.159. The van der Waals surface area contributed by atoms with E-state index in [1.807, 2.05) is 32.0 Å². The average Bonchev–Trinajstić information content (AvgIpc) is 2.57. The molecule has 0 unspecified atom stereocenters. The minimum atomic E-state index is -3.57. The van der Waals surface area contributed by atoms with Crippen molar-refractivity contribution in [1.82, 2.24) is 4.31 Å². The Bertz CT molecular complexity index is 924. The zero-order valence-corrected chi connectivity index (χ0v) is 16.9. The molecule has 0 aliphatic rings. The van der Waals surface area contributed by atoms with Crippen molar-refractivity contribution in [3.8, 4) is 0 Å². The summed E-state index contributed by atoms with van der Waals surface area (Å²) in [5.74, 6) is -0.188. The van der Waals surface area contributed by atoms with Crippen LogP contribution in [0.15, 0.2) is 41.3 Å². The maximum Gasteiger partial charge on any atom is 0.242 e. The number of sulfonamides is 1. The lowest BCUT2D eigenvalue weighted by Gasteiger charge is -2.16. The fourth-order valence-electron chi connectivity index (χ4n) is 2.48. The van der Waals surface area contributed by atoms with E-state index in [0.717, 1.165) is 21.0 Å². The van der Waals surface area contributed by atoms with Crippen LogP contribution in [0.25, 0.3) is 0 Å². The molecule has 0 radical (unpaired) electrons. The molecule has 0 saturated heterocycles. The van der Waals surface area contributed by atoms with Crippen LogP contribution in [-0.2, 0) is 21.2 Å². The van der Waals surface area contributed by atoms with Crippen LogP contribution in [0.4, 0.5) is 5.69 Å². The third-order valence-electron chi connectivity index (χ3n) is 4.27. The highest BCUT2D eigenvalue weighted by molar-refractivity contribution is 7.89. The highest BCUT2D eigenvalue weighted by atomic mass is 35.5. The van der Waals surface area contributed by atoms with Crippen molar-refractivity contribution in [3.05, 3.63) is 58.1 Å². The Morgan fingerprint density at radius 3 is 2.42 bits per heavy atom. The number of hydrogen-bond donors (Lipinski definition) is 1. The molecule has 2 aromatic carbocycles. The van der Waals surface area contributed by atoms with E-state index in [1.165, 1.54) is 20.2 Å². The fraction of sp³-hybridized carbons (Fsp3) is 0.316. The van der Waals surface area contributed by atoms with E-state index in [2.05, 4.69) is 5.32 Å². The lowest BCUT2D eigenvalue weighted by atomic mass is 10.1. The van der Waals surface area contributed by atoms with E-state index in [0.29, 0.717) is 17.1 Å². The van der Waals surface area contributed by atoms with Crippen LogP contribution in [0.2, 0.25) is 5.02 Å². The summed E-state index contributed by atoms with van der Waals surface area (Å²) >= 11 is 6.11. The van der Waals surface area contributed by atoms with Crippen LogP contribution in [-0.4, -0.2) is 32.7 Å². The predicted octanol–water partition coefficient (Wildman–Crippen LogP) is 3.78. The van der Waals surface area contributed by atoms with E-state index >= 15 is 0 Å². The van der Waals surface area contributed by atoms with Gasteiger partial charge in [0.25, 0.3) is 0 Å². The second-order valence-electron chi connectivity index (χ2n) is 6.34. The normalized spacial score (nSPS) is 11.6. The molecule has 0 atom stereocenters. The van der Waals surface area contributed by atoms with E-state index < -0.39 is 10.0 Å². The Morgan fingerprint density at radius 2 is 1.81 bits per heavy atom. The van der Waals surface area contributed by atoms with Crippen molar-refractivity contribution < 1.29 is 13.2 Å². The number of benzene rings is 2. The van der Waals surface area contributed by atoms with Gasteiger partial charge in [0, 0.05) is 31.2 Å². The topological polar surface area (TPSA) is 66.5 Å². The summed E-state index contributed by atoms with van der Waals surface area (Å²) in [6.45, 7) is 3.68. The van der Waals surface area contributed by atoms with Gasteiger partial charge in [-0.25, -0.2) is 12.7 Å². The summed E-state index contributed by atoms with van der Waals surface area (Å²) in [5.41, 5.74) is 3.05. The quantitative estimate of drug-likeness (QED) is 0.810. The Balaban J connectivity index is 2.19. The average molecular weight is 395 g/mol. The first-order chi connectivity index (χ1) is 12.1. The predicted molar refractivity (Wildman–Crippen MR) is 105 cm³/mol. The van der Waals surface area contributed by atoms with Gasteiger partial charge in [0.15, 0.2) is 0 Å². The Kier molecular flexibility index (Phi) is 6.44. The van der Waals surface area contributed by atoms with Gasteiger partial charge >= 0.3 is 0 Å². The van der Waals surface area contributed by atoms with E-state index in [-0.39, 0.29) is 17.2 Å². The van der Waals surface area contributed by atoms with E-state index in [1.54, 1.807) is 12.1 Å². The number of aryl methyl sites for hydroxylation is 2. The van der Waals surface area contributed by atoms with Gasteiger partial charge in [-0.2, -0.15) is 0 Å². The Hall–Kier alpha value is -1.89. The van der Waals surface area contributed by atoms with Gasteiger partial charge < -0.3 is 5.32 Å². The zero-order valence-electron chi connectivity index (χ0n) is 15.3. The maximum absolute atomic E-state index is 12.4. The molecule has 1 N–H and O–H groups in total. The van der Waals surface area contributed by atoms with Gasteiger partial charge in [-0.1, -0.05) is 29.8 Å². The number of nitrogens with one attached hydrogen (secondary N) is 1. The largest absolute Gasteiger partial charge is 0.326 e. The molecular weight excluding hydrogens is 372 g/mol. The molecule has 26 heavy (non-hydrogen) atoms. The maximum atomic E-state index is 12.4. The monoisotopic (exact) mass is 394 g/mol. The van der Waals surface area contributed by atoms with E-state index in [4.69, 9.17) is 11.6 Å². The first kappa shape index (κ1) is 20.4. The molecule has 0 bridgehead atoms. The van der Waals surface area contributed by atoms with E-state index in [9.17, 15) is 13.2 Å². The van der Waals surface area contributed by atoms with Crippen molar-refractivity contribution in [1.29, 1.82) is 0 Å². The summed E-state index contributed by atoms with van der Waals surface area (Å²) in [6, 6.07) is 10.5. The molecule has 140 valence electrons. The number of amides is 1. The summed E-state index contributed by atoms with van der Waals surface area (Å²) in [6.07, 6.45) is 0.770. The number of nitrogens with zero attached hydrogens (tertiary/aromatic N) is 1. The van der Waals surface area contributed by atoms with Gasteiger partial charge in [0.1, 0.15) is 0 Å². The smallest absolute Gasteiger partial charge is 0.242 e. The lowest BCUT2D eigenvalue weighted by Crippen LogP contribution is -2.23. The number of halogens is 1. The minimum Gasteiger partial charge on any atom is -0.326 e. The number of carbonyl (C=O) groups is 1. The standard InChI is InChI=1S/C19H23ClN2O3S/c1-13-11-16(26(24,25)22(3)4)12-18(14(13)2)21-19(23)10-9-15-7-5-6-8-17(15)20/h5-8,11-12H,9-10H2,1-4H3,(H,21,23). The molecule has 1 amide bonds. The van der Waals surface area contributed by atoms with Gasteiger partial charge in [0.05, 0.1) is 4.90 Å². The van der Waals surface area contributed by atoms with Gasteiger partial charge in [-0.3, -0.25) is 4.79 Å². The first-order valence-electron chi connectivity index (χ1n) is 8.20. The summed E-state index contributed by atoms with van der Waals surface area (Å²) in [4.78, 5) is 12.5. The molecule has 0 aliphatic heterocycles. The van der Waals surface area contributed by atoms with Crippen molar-refractivity contribution in [3.63, 3.8) is 0 Å². The fourth-order valence-corrected chi connectivity index (χ4v) is 3.72. The second kappa shape index (κ2) is 8.20. The summed E-state index contributed by atoms with van der Waals surface area (Å²) in [7, 11) is -0.614. The molecule has 0 fully saturated rings. The lowest BCUT2D eigenvalue weighted by molar-refractivity contribution is -0.116. The molecule has 0 spiro atoms. The number of rotatable bonds is 6. The van der Waals surface area contributed by atoms with Crippen LogP contribution in [0.1, 0.15) is 23.1 Å².